The molecule has 0 spiro atoms. The topological polar surface area (TPSA) is 37.4 Å². The number of imide groups is 1. The first-order valence-corrected chi connectivity index (χ1v) is 10.4. The number of halogens is 1. The molecule has 6 heteroatoms. The van der Waals surface area contributed by atoms with Crippen LogP contribution in [-0.4, -0.2) is 22.1 Å². The third-order valence-electron chi connectivity index (χ3n) is 4.79. The molecule has 1 aliphatic carbocycles. The average molecular weight is 388 g/mol. The molecule has 0 bridgehead atoms. The lowest BCUT2D eigenvalue weighted by atomic mass is 9.94. The second-order valence-corrected chi connectivity index (χ2v) is 8.66. The van der Waals surface area contributed by atoms with Crippen LogP contribution >= 0.6 is 23.1 Å². The molecule has 0 atom stereocenters. The molecule has 134 valence electrons. The summed E-state index contributed by atoms with van der Waals surface area (Å²) < 4.78 is 13.1. The third-order valence-corrected chi connectivity index (χ3v) is 6.76. The average Bonchev–Trinajstić information content (AvgIpc) is 3.21. The lowest BCUT2D eigenvalue weighted by Crippen LogP contribution is -2.39. The molecule has 1 saturated carbocycles. The summed E-state index contributed by atoms with van der Waals surface area (Å²) in [5.41, 5.74) is 0.936. The Morgan fingerprint density at radius 3 is 2.46 bits per heavy atom. The summed E-state index contributed by atoms with van der Waals surface area (Å²) in [6.07, 6.45) is 6.97. The summed E-state index contributed by atoms with van der Waals surface area (Å²) >= 11 is 2.56. The Bertz CT molecular complexity index is 866. The molecule has 4 rings (SSSR count). The smallest absolute Gasteiger partial charge is 0.268 e. The predicted octanol–water partition coefficient (Wildman–Crippen LogP) is 5.92. The van der Waals surface area contributed by atoms with Gasteiger partial charge in [0, 0.05) is 15.8 Å². The van der Waals surface area contributed by atoms with Gasteiger partial charge in [0.15, 0.2) is 0 Å². The minimum absolute atomic E-state index is 0.0558. The van der Waals surface area contributed by atoms with Gasteiger partial charge in [0.25, 0.3) is 11.1 Å². The summed E-state index contributed by atoms with van der Waals surface area (Å²) in [5.74, 6) is -0.425. The number of carbonyl (C=O) groups is 2. The van der Waals surface area contributed by atoms with Gasteiger partial charge in [-0.3, -0.25) is 14.5 Å². The fraction of sp³-hybridized carbons (Fsp3) is 0.300. The molecule has 2 aliphatic rings. The Kier molecular flexibility index (Phi) is 4.96. The van der Waals surface area contributed by atoms with E-state index in [1.54, 1.807) is 18.2 Å². The summed E-state index contributed by atoms with van der Waals surface area (Å²) in [6.45, 7) is 0. The van der Waals surface area contributed by atoms with Crippen LogP contribution in [0.4, 0.5) is 9.18 Å². The highest BCUT2D eigenvalue weighted by Gasteiger charge is 2.40. The van der Waals surface area contributed by atoms with E-state index in [1.807, 2.05) is 12.1 Å². The van der Waals surface area contributed by atoms with Crippen molar-refractivity contribution in [1.82, 2.24) is 4.90 Å². The lowest BCUT2D eigenvalue weighted by molar-refractivity contribution is -0.124. The zero-order valence-electron chi connectivity index (χ0n) is 14.1. The van der Waals surface area contributed by atoms with Gasteiger partial charge in [-0.2, -0.15) is 0 Å². The molecule has 2 aromatic rings. The SMILES string of the molecule is O=C1SC(=Cc2ccc(-c3ccc(F)cc3)s2)C(=O)N1C1CCCCC1. The number of carbonyl (C=O) groups excluding carboxylic acids is 2. The standard InChI is InChI=1S/C20H18FNO2S2/c21-14-8-6-13(7-9-14)17-11-10-16(25-17)12-18-19(23)22(20(24)26-18)15-4-2-1-3-5-15/h6-12,15H,1-5H2. The van der Waals surface area contributed by atoms with Crippen LogP contribution in [0.25, 0.3) is 16.5 Å². The molecule has 0 N–H and O–H groups in total. The fourth-order valence-corrected chi connectivity index (χ4v) is 5.38. The highest BCUT2D eigenvalue weighted by molar-refractivity contribution is 8.18. The van der Waals surface area contributed by atoms with Crippen LogP contribution in [0.1, 0.15) is 37.0 Å². The van der Waals surface area contributed by atoms with Crippen LogP contribution in [-0.2, 0) is 4.79 Å². The maximum atomic E-state index is 13.1. The van der Waals surface area contributed by atoms with Crippen LogP contribution in [0.2, 0.25) is 0 Å². The zero-order chi connectivity index (χ0) is 18.1. The van der Waals surface area contributed by atoms with Crippen molar-refractivity contribution in [3.05, 3.63) is 52.0 Å². The van der Waals surface area contributed by atoms with Gasteiger partial charge in [-0.25, -0.2) is 4.39 Å². The molecule has 1 aromatic heterocycles. The van der Waals surface area contributed by atoms with Gasteiger partial charge in [-0.15, -0.1) is 11.3 Å². The fourth-order valence-electron chi connectivity index (χ4n) is 3.46. The van der Waals surface area contributed by atoms with E-state index < -0.39 is 0 Å². The van der Waals surface area contributed by atoms with Gasteiger partial charge < -0.3 is 0 Å². The number of thioether (sulfide) groups is 1. The van der Waals surface area contributed by atoms with E-state index >= 15 is 0 Å². The van der Waals surface area contributed by atoms with E-state index in [4.69, 9.17) is 0 Å². The minimum atomic E-state index is -0.262. The normalized spacial score (nSPS) is 20.3. The molecular weight excluding hydrogens is 369 g/mol. The maximum Gasteiger partial charge on any atom is 0.293 e. The monoisotopic (exact) mass is 387 g/mol. The molecule has 1 aromatic carbocycles. The van der Waals surface area contributed by atoms with E-state index in [2.05, 4.69) is 0 Å². The van der Waals surface area contributed by atoms with Crippen molar-refractivity contribution in [2.45, 2.75) is 38.1 Å². The number of hydrogen-bond acceptors (Lipinski definition) is 4. The first-order valence-electron chi connectivity index (χ1n) is 8.75. The van der Waals surface area contributed by atoms with E-state index in [0.29, 0.717) is 4.91 Å². The van der Waals surface area contributed by atoms with Crippen molar-refractivity contribution < 1.29 is 14.0 Å². The Morgan fingerprint density at radius 2 is 1.73 bits per heavy atom. The molecule has 2 heterocycles. The molecule has 26 heavy (non-hydrogen) atoms. The lowest BCUT2D eigenvalue weighted by Gasteiger charge is -2.28. The molecule has 0 radical (unpaired) electrons. The van der Waals surface area contributed by atoms with Crippen molar-refractivity contribution in [2.75, 3.05) is 0 Å². The maximum absolute atomic E-state index is 13.1. The van der Waals surface area contributed by atoms with Crippen molar-refractivity contribution in [1.29, 1.82) is 0 Å². The van der Waals surface area contributed by atoms with E-state index in [1.165, 1.54) is 34.8 Å². The second-order valence-electron chi connectivity index (χ2n) is 6.55. The van der Waals surface area contributed by atoms with Gasteiger partial charge >= 0.3 is 0 Å². The number of nitrogens with zero attached hydrogens (tertiary/aromatic N) is 1. The Morgan fingerprint density at radius 1 is 1.00 bits per heavy atom. The number of amides is 2. The van der Waals surface area contributed by atoms with E-state index in [9.17, 15) is 14.0 Å². The first-order chi connectivity index (χ1) is 12.6. The zero-order valence-corrected chi connectivity index (χ0v) is 15.7. The molecular formula is C20H18FNO2S2. The van der Waals surface area contributed by atoms with Crippen molar-refractivity contribution >= 4 is 40.3 Å². The van der Waals surface area contributed by atoms with Crippen LogP contribution in [0.15, 0.2) is 41.3 Å². The first kappa shape index (κ1) is 17.5. The summed E-state index contributed by atoms with van der Waals surface area (Å²) in [6, 6.07) is 10.3. The van der Waals surface area contributed by atoms with Crippen molar-refractivity contribution in [3.8, 4) is 10.4 Å². The second kappa shape index (κ2) is 7.37. The van der Waals surface area contributed by atoms with Crippen LogP contribution in [0.5, 0.6) is 0 Å². The van der Waals surface area contributed by atoms with Crippen LogP contribution in [0.3, 0.4) is 0 Å². The highest BCUT2D eigenvalue weighted by atomic mass is 32.2. The van der Waals surface area contributed by atoms with E-state index in [0.717, 1.165) is 52.8 Å². The summed E-state index contributed by atoms with van der Waals surface area (Å²) in [5, 5.41) is -0.150. The minimum Gasteiger partial charge on any atom is -0.268 e. The highest BCUT2D eigenvalue weighted by Crippen LogP contribution is 2.38. The molecule has 1 aliphatic heterocycles. The van der Waals surface area contributed by atoms with Crippen LogP contribution < -0.4 is 0 Å². The summed E-state index contributed by atoms with van der Waals surface area (Å²) in [4.78, 5) is 28.9. The Balaban J connectivity index is 1.54. The predicted molar refractivity (Wildman–Crippen MR) is 104 cm³/mol. The van der Waals surface area contributed by atoms with Crippen molar-refractivity contribution in [2.24, 2.45) is 0 Å². The molecule has 2 fully saturated rings. The molecule has 2 amide bonds. The third kappa shape index (κ3) is 3.48. The number of thiophene rings is 1. The van der Waals surface area contributed by atoms with Gasteiger partial charge in [0.2, 0.25) is 0 Å². The van der Waals surface area contributed by atoms with Gasteiger partial charge in [-0.1, -0.05) is 31.4 Å². The van der Waals surface area contributed by atoms with E-state index in [-0.39, 0.29) is 23.0 Å². The summed E-state index contributed by atoms with van der Waals surface area (Å²) in [7, 11) is 0. The van der Waals surface area contributed by atoms with Gasteiger partial charge in [0.1, 0.15) is 5.82 Å². The largest absolute Gasteiger partial charge is 0.293 e. The molecule has 0 unspecified atom stereocenters. The van der Waals surface area contributed by atoms with Crippen molar-refractivity contribution in [3.63, 3.8) is 0 Å². The number of benzene rings is 1. The molecule has 3 nitrogen and oxygen atoms in total. The van der Waals surface area contributed by atoms with Gasteiger partial charge in [-0.05, 0) is 60.5 Å². The van der Waals surface area contributed by atoms with Gasteiger partial charge in [0.05, 0.1) is 4.91 Å². The number of rotatable bonds is 3. The quantitative estimate of drug-likeness (QED) is 0.613. The molecule has 1 saturated heterocycles. The van der Waals surface area contributed by atoms with Crippen LogP contribution in [0, 0.1) is 5.82 Å². The number of hydrogen-bond donors (Lipinski definition) is 0. The Hall–Kier alpha value is -1.92. The Labute approximate surface area is 159 Å².